The quantitative estimate of drug-likeness (QED) is 0.424. The first-order valence-electron chi connectivity index (χ1n) is 11.8. The van der Waals surface area contributed by atoms with Gasteiger partial charge in [-0.15, -0.1) is 0 Å². The molecule has 0 bridgehead atoms. The van der Waals surface area contributed by atoms with Crippen LogP contribution in [0.5, 0.6) is 0 Å². The van der Waals surface area contributed by atoms with Gasteiger partial charge in [0.2, 0.25) is 0 Å². The molecule has 0 aliphatic carbocycles. The van der Waals surface area contributed by atoms with Crippen molar-refractivity contribution in [1.82, 2.24) is 14.9 Å². The predicted molar refractivity (Wildman–Crippen MR) is 130 cm³/mol. The zero-order chi connectivity index (χ0) is 28.2. The van der Waals surface area contributed by atoms with Crippen LogP contribution < -0.4 is 16.6 Å². The minimum atomic E-state index is -5.32. The number of H-pyrrole nitrogens is 1. The summed E-state index contributed by atoms with van der Waals surface area (Å²) in [7, 11) is -2.57. The summed E-state index contributed by atoms with van der Waals surface area (Å²) in [6.07, 6.45) is -6.41. The number of aliphatic hydroxyl groups is 2. The molecule has 1 saturated heterocycles. The van der Waals surface area contributed by atoms with Crippen molar-refractivity contribution in [2.45, 2.75) is 103 Å². The van der Waals surface area contributed by atoms with Gasteiger partial charge in [0.15, 0.2) is 11.4 Å². The fourth-order valence-corrected chi connectivity index (χ4v) is 10.9. The van der Waals surface area contributed by atoms with Crippen molar-refractivity contribution < 1.29 is 32.9 Å². The van der Waals surface area contributed by atoms with Crippen LogP contribution in [0.4, 0.5) is 13.2 Å². The third-order valence-electron chi connectivity index (χ3n) is 6.98. The number of halogens is 3. The van der Waals surface area contributed by atoms with Crippen molar-refractivity contribution in [3.05, 3.63) is 32.6 Å². The summed E-state index contributed by atoms with van der Waals surface area (Å²) in [6.45, 7) is 16.3. The standard InChI is InChI=1S/C23H38F3N3O6Si/c1-12-11-29(18(34)27-14(12)31)21(8)10-13(30)22(35-21,28-16(32)23(24,25)26)17(33)36(9)15(19(2,3)4)20(5,6)7/h11,13,15,17,30,33,36H,10H2,1-9H3,(H,28,32)(H,27,31,34)/t13-,17?,21+,22-,36?/m0/s1. The second kappa shape index (κ2) is 9.41. The van der Waals surface area contributed by atoms with Gasteiger partial charge in [0.05, 0.1) is 14.5 Å². The number of aromatic nitrogens is 2. The Kier molecular flexibility index (Phi) is 7.91. The number of carbonyl (C=O) groups excluding carboxylic acids is 1. The number of nitrogens with one attached hydrogen (secondary N) is 2. The van der Waals surface area contributed by atoms with Gasteiger partial charge in [0.1, 0.15) is 6.10 Å². The van der Waals surface area contributed by atoms with Gasteiger partial charge in [-0.05, 0) is 30.2 Å². The van der Waals surface area contributed by atoms with Crippen LogP contribution in [0.3, 0.4) is 0 Å². The molecule has 1 fully saturated rings. The molecule has 2 rings (SSSR count). The van der Waals surface area contributed by atoms with Crippen LogP contribution in [0.1, 0.15) is 60.5 Å². The first-order chi connectivity index (χ1) is 16.0. The van der Waals surface area contributed by atoms with Crippen LogP contribution in [0.15, 0.2) is 15.8 Å². The molecule has 1 aliphatic rings. The van der Waals surface area contributed by atoms with Crippen molar-refractivity contribution in [1.29, 1.82) is 0 Å². The van der Waals surface area contributed by atoms with Crippen LogP contribution in [0.25, 0.3) is 0 Å². The number of aliphatic hydroxyl groups excluding tert-OH is 2. The van der Waals surface area contributed by atoms with E-state index in [4.69, 9.17) is 4.74 Å². The Balaban J connectivity index is 2.71. The van der Waals surface area contributed by atoms with Gasteiger partial charge in [0, 0.05) is 18.2 Å². The lowest BCUT2D eigenvalue weighted by Gasteiger charge is -2.49. The minimum Gasteiger partial charge on any atom is -0.392 e. The van der Waals surface area contributed by atoms with E-state index in [-0.39, 0.29) is 21.9 Å². The summed E-state index contributed by atoms with van der Waals surface area (Å²) in [5, 5.41) is 24.5. The van der Waals surface area contributed by atoms with Gasteiger partial charge in [-0.25, -0.2) is 4.79 Å². The Morgan fingerprint density at radius 3 is 2.17 bits per heavy atom. The van der Waals surface area contributed by atoms with Crippen LogP contribution in [0, 0.1) is 17.8 Å². The van der Waals surface area contributed by atoms with Gasteiger partial charge in [-0.3, -0.25) is 19.1 Å². The van der Waals surface area contributed by atoms with E-state index >= 15 is 0 Å². The molecule has 0 spiro atoms. The van der Waals surface area contributed by atoms with E-state index in [0.29, 0.717) is 0 Å². The predicted octanol–water partition coefficient (Wildman–Crippen LogP) is 1.89. The van der Waals surface area contributed by atoms with Crippen LogP contribution in [-0.2, 0) is 15.3 Å². The molecule has 1 aliphatic heterocycles. The summed E-state index contributed by atoms with van der Waals surface area (Å²) >= 11 is 0. The molecule has 5 atom stereocenters. The summed E-state index contributed by atoms with van der Waals surface area (Å²) in [5.74, 6) is -2.39. The minimum absolute atomic E-state index is 0.120. The largest absolute Gasteiger partial charge is 0.471 e. The highest BCUT2D eigenvalue weighted by molar-refractivity contribution is 6.61. The fourth-order valence-electron chi connectivity index (χ4n) is 6.19. The summed E-state index contributed by atoms with van der Waals surface area (Å²) < 4.78 is 47.0. The number of amides is 1. The summed E-state index contributed by atoms with van der Waals surface area (Å²) in [5.41, 5.74) is -8.41. The van der Waals surface area contributed by atoms with Crippen molar-refractivity contribution in [3.63, 3.8) is 0 Å². The number of alkyl halides is 3. The normalized spacial score (nSPS) is 27.2. The van der Waals surface area contributed by atoms with E-state index in [1.54, 1.807) is 11.9 Å². The monoisotopic (exact) mass is 537 g/mol. The molecule has 9 nitrogen and oxygen atoms in total. The van der Waals surface area contributed by atoms with E-state index in [0.717, 1.165) is 10.8 Å². The van der Waals surface area contributed by atoms with E-state index < -0.39 is 61.8 Å². The Hall–Kier alpha value is -1.96. The first-order valence-corrected chi connectivity index (χ1v) is 14.2. The maximum atomic E-state index is 13.4. The lowest BCUT2D eigenvalue weighted by molar-refractivity contribution is -0.216. The Labute approximate surface area is 209 Å². The Morgan fingerprint density at radius 2 is 1.72 bits per heavy atom. The molecule has 13 heteroatoms. The van der Waals surface area contributed by atoms with E-state index in [9.17, 15) is 37.8 Å². The van der Waals surface area contributed by atoms with Crippen LogP contribution >= 0.6 is 0 Å². The zero-order valence-corrected chi connectivity index (χ0v) is 23.4. The first kappa shape index (κ1) is 30.3. The van der Waals surface area contributed by atoms with Gasteiger partial charge in [0.25, 0.3) is 5.56 Å². The number of hydrogen-bond donors (Lipinski definition) is 4. The molecular weight excluding hydrogens is 499 g/mol. The van der Waals surface area contributed by atoms with Crippen molar-refractivity contribution >= 4 is 14.7 Å². The molecule has 1 aromatic rings. The van der Waals surface area contributed by atoms with Crippen molar-refractivity contribution in [2.24, 2.45) is 10.8 Å². The molecule has 1 aromatic heterocycles. The molecular formula is C23H38F3N3O6Si. The SMILES string of the molecule is Cc1cn([C@@]2(C)C[C@H](O)[C@@](NC(=O)C(F)(F)F)(C(O)[SiH](C)C(C(C)(C)C)C(C)(C)C)O2)c(=O)[nH]c1=O. The average molecular weight is 538 g/mol. The molecule has 206 valence electrons. The lowest BCUT2D eigenvalue weighted by atomic mass is 9.76. The summed E-state index contributed by atoms with van der Waals surface area (Å²) in [6, 6.07) is 0. The highest BCUT2D eigenvalue weighted by Gasteiger charge is 2.63. The highest BCUT2D eigenvalue weighted by Crippen LogP contribution is 2.50. The maximum Gasteiger partial charge on any atom is 0.471 e. The third kappa shape index (κ3) is 5.63. The van der Waals surface area contributed by atoms with Crippen molar-refractivity contribution in [2.75, 3.05) is 0 Å². The van der Waals surface area contributed by atoms with Gasteiger partial charge in [-0.1, -0.05) is 48.1 Å². The Bertz CT molecular complexity index is 1090. The number of aryl methyl sites for hydroxylation is 1. The third-order valence-corrected chi connectivity index (χ3v) is 11.5. The number of hydrogen-bond acceptors (Lipinski definition) is 6. The molecule has 2 heterocycles. The topological polar surface area (TPSA) is 134 Å². The van der Waals surface area contributed by atoms with Gasteiger partial charge < -0.3 is 20.3 Å². The molecule has 1 amide bonds. The van der Waals surface area contributed by atoms with Gasteiger partial charge in [-0.2, -0.15) is 13.2 Å². The molecule has 0 aromatic carbocycles. The molecule has 2 unspecified atom stereocenters. The lowest BCUT2D eigenvalue weighted by Crippen LogP contribution is -2.69. The number of nitrogens with zero attached hydrogens (tertiary/aromatic N) is 1. The average Bonchev–Trinajstić information content (AvgIpc) is 2.92. The number of ether oxygens (including phenoxy) is 1. The smallest absolute Gasteiger partial charge is 0.392 e. The molecule has 0 radical (unpaired) electrons. The highest BCUT2D eigenvalue weighted by atomic mass is 28.3. The molecule has 36 heavy (non-hydrogen) atoms. The second-order valence-electron chi connectivity index (χ2n) is 12.2. The number of carbonyl (C=O) groups is 1. The zero-order valence-electron chi connectivity index (χ0n) is 22.2. The molecule has 0 saturated carbocycles. The summed E-state index contributed by atoms with van der Waals surface area (Å²) in [4.78, 5) is 38.7. The second-order valence-corrected chi connectivity index (χ2v) is 15.2. The van der Waals surface area contributed by atoms with E-state index in [2.05, 4.69) is 4.98 Å². The number of aromatic amines is 1. The van der Waals surface area contributed by atoms with E-state index in [1.165, 1.54) is 13.8 Å². The van der Waals surface area contributed by atoms with E-state index in [1.807, 2.05) is 41.5 Å². The number of rotatable bonds is 5. The van der Waals surface area contributed by atoms with Crippen LogP contribution in [-0.4, -0.2) is 58.2 Å². The van der Waals surface area contributed by atoms with Gasteiger partial charge >= 0.3 is 17.8 Å². The maximum absolute atomic E-state index is 13.4. The fraction of sp³-hybridized carbons (Fsp3) is 0.783. The van der Waals surface area contributed by atoms with Crippen molar-refractivity contribution in [3.8, 4) is 0 Å². The molecule has 4 N–H and O–H groups in total. The van der Waals surface area contributed by atoms with Crippen LogP contribution in [0.2, 0.25) is 12.1 Å². The Morgan fingerprint density at radius 1 is 1.22 bits per heavy atom.